The SMILES string of the molecule is Cc1nc(Oc2ccc(NC(=O)c3cccc(I)c3)cc2)cc(-n2cnc(C)c2C)n1. The third kappa shape index (κ3) is 4.91. The minimum atomic E-state index is -0.158. The van der Waals surface area contributed by atoms with Gasteiger partial charge >= 0.3 is 0 Å². The van der Waals surface area contributed by atoms with E-state index in [0.29, 0.717) is 34.5 Å². The number of ether oxygens (including phenoxy) is 1. The van der Waals surface area contributed by atoms with Crippen LogP contribution in [0.4, 0.5) is 5.69 Å². The van der Waals surface area contributed by atoms with E-state index in [-0.39, 0.29) is 5.91 Å². The molecule has 156 valence electrons. The van der Waals surface area contributed by atoms with Crippen LogP contribution in [0.1, 0.15) is 27.6 Å². The predicted molar refractivity (Wildman–Crippen MR) is 127 cm³/mol. The van der Waals surface area contributed by atoms with Crippen molar-refractivity contribution in [2.24, 2.45) is 0 Å². The van der Waals surface area contributed by atoms with E-state index in [9.17, 15) is 4.79 Å². The lowest BCUT2D eigenvalue weighted by atomic mass is 10.2. The van der Waals surface area contributed by atoms with Crippen LogP contribution in [-0.4, -0.2) is 25.4 Å². The Kier molecular flexibility index (Phi) is 5.99. The van der Waals surface area contributed by atoms with Crippen LogP contribution in [0, 0.1) is 24.3 Å². The number of imidazole rings is 1. The van der Waals surface area contributed by atoms with Crippen LogP contribution >= 0.6 is 22.6 Å². The van der Waals surface area contributed by atoms with Gasteiger partial charge in [-0.1, -0.05) is 6.07 Å². The molecule has 0 unspecified atom stereocenters. The molecule has 0 spiro atoms. The van der Waals surface area contributed by atoms with Crippen molar-refractivity contribution in [3.8, 4) is 17.4 Å². The first-order valence-corrected chi connectivity index (χ1v) is 10.7. The number of amides is 1. The Morgan fingerprint density at radius 3 is 2.48 bits per heavy atom. The van der Waals surface area contributed by atoms with Crippen molar-refractivity contribution >= 4 is 34.2 Å². The molecule has 2 heterocycles. The maximum atomic E-state index is 12.4. The van der Waals surface area contributed by atoms with Gasteiger partial charge in [0.25, 0.3) is 5.91 Å². The summed E-state index contributed by atoms with van der Waals surface area (Å²) in [6.45, 7) is 5.76. The van der Waals surface area contributed by atoms with Crippen LogP contribution < -0.4 is 10.1 Å². The van der Waals surface area contributed by atoms with Crippen molar-refractivity contribution < 1.29 is 9.53 Å². The van der Waals surface area contributed by atoms with Crippen molar-refractivity contribution in [1.29, 1.82) is 0 Å². The summed E-state index contributed by atoms with van der Waals surface area (Å²) in [5.41, 5.74) is 3.25. The van der Waals surface area contributed by atoms with Gasteiger partial charge < -0.3 is 10.1 Å². The molecule has 0 saturated carbocycles. The van der Waals surface area contributed by atoms with Gasteiger partial charge in [-0.05, 0) is 85.8 Å². The monoisotopic (exact) mass is 525 g/mol. The lowest BCUT2D eigenvalue weighted by Crippen LogP contribution is -2.11. The Labute approximate surface area is 193 Å². The fourth-order valence-corrected chi connectivity index (χ4v) is 3.53. The second kappa shape index (κ2) is 8.84. The van der Waals surface area contributed by atoms with E-state index in [1.54, 1.807) is 42.7 Å². The highest BCUT2D eigenvalue weighted by Gasteiger charge is 2.11. The van der Waals surface area contributed by atoms with Crippen molar-refractivity contribution in [2.45, 2.75) is 20.8 Å². The molecule has 0 aliphatic rings. The topological polar surface area (TPSA) is 81.9 Å². The number of aryl methyl sites for hydroxylation is 2. The fourth-order valence-electron chi connectivity index (χ4n) is 2.99. The minimum absolute atomic E-state index is 0.158. The Hall–Kier alpha value is -3.27. The molecule has 1 amide bonds. The normalized spacial score (nSPS) is 10.7. The van der Waals surface area contributed by atoms with Crippen molar-refractivity contribution in [3.63, 3.8) is 0 Å². The first-order chi connectivity index (χ1) is 14.9. The molecule has 0 aliphatic carbocycles. The van der Waals surface area contributed by atoms with Gasteiger partial charge in [0.15, 0.2) is 0 Å². The van der Waals surface area contributed by atoms with Gasteiger partial charge in [-0.15, -0.1) is 0 Å². The predicted octanol–water partition coefficient (Wildman–Crippen LogP) is 5.24. The van der Waals surface area contributed by atoms with Gasteiger partial charge in [0.05, 0.1) is 5.69 Å². The van der Waals surface area contributed by atoms with Gasteiger partial charge in [-0.2, -0.15) is 4.98 Å². The van der Waals surface area contributed by atoms with E-state index in [2.05, 4.69) is 42.9 Å². The number of nitrogens with one attached hydrogen (secondary N) is 1. The zero-order valence-electron chi connectivity index (χ0n) is 17.3. The summed E-state index contributed by atoms with van der Waals surface area (Å²) in [5.74, 6) is 2.18. The Morgan fingerprint density at radius 2 is 1.81 bits per heavy atom. The molecular weight excluding hydrogens is 505 g/mol. The van der Waals surface area contributed by atoms with Crippen LogP contribution in [0.15, 0.2) is 60.9 Å². The lowest BCUT2D eigenvalue weighted by Gasteiger charge is -2.10. The van der Waals surface area contributed by atoms with Gasteiger partial charge in [0, 0.05) is 26.6 Å². The lowest BCUT2D eigenvalue weighted by molar-refractivity contribution is 0.102. The molecule has 0 saturated heterocycles. The number of anilines is 1. The van der Waals surface area contributed by atoms with Gasteiger partial charge in [-0.25, -0.2) is 9.97 Å². The molecule has 2 aromatic carbocycles. The van der Waals surface area contributed by atoms with Crippen LogP contribution in [0.5, 0.6) is 11.6 Å². The fraction of sp³-hybridized carbons (Fsp3) is 0.130. The highest BCUT2D eigenvalue weighted by atomic mass is 127. The molecule has 2 aromatic heterocycles. The number of hydrogen-bond acceptors (Lipinski definition) is 5. The molecule has 0 atom stereocenters. The second-order valence-corrected chi connectivity index (χ2v) is 8.23. The summed E-state index contributed by atoms with van der Waals surface area (Å²) in [6.07, 6.45) is 1.74. The van der Waals surface area contributed by atoms with E-state index in [0.717, 1.165) is 15.0 Å². The summed E-state index contributed by atoms with van der Waals surface area (Å²) in [4.78, 5) is 25.6. The third-order valence-corrected chi connectivity index (χ3v) is 5.39. The number of nitrogens with zero attached hydrogens (tertiary/aromatic N) is 4. The quantitative estimate of drug-likeness (QED) is 0.361. The number of carbonyl (C=O) groups is 1. The number of rotatable bonds is 5. The molecule has 8 heteroatoms. The average molecular weight is 525 g/mol. The molecule has 0 radical (unpaired) electrons. The minimum Gasteiger partial charge on any atom is -0.439 e. The van der Waals surface area contributed by atoms with E-state index >= 15 is 0 Å². The van der Waals surface area contributed by atoms with Crippen molar-refractivity contribution in [2.75, 3.05) is 5.32 Å². The number of hydrogen-bond donors (Lipinski definition) is 1. The Morgan fingerprint density at radius 1 is 1.03 bits per heavy atom. The van der Waals surface area contributed by atoms with E-state index < -0.39 is 0 Å². The summed E-state index contributed by atoms with van der Waals surface area (Å²) >= 11 is 2.18. The Bertz CT molecular complexity index is 1250. The van der Waals surface area contributed by atoms with E-state index in [4.69, 9.17) is 4.74 Å². The maximum Gasteiger partial charge on any atom is 0.255 e. The van der Waals surface area contributed by atoms with Crippen LogP contribution in [-0.2, 0) is 0 Å². The molecule has 0 fully saturated rings. The van der Waals surface area contributed by atoms with Crippen molar-refractivity contribution in [1.82, 2.24) is 19.5 Å². The highest BCUT2D eigenvalue weighted by Crippen LogP contribution is 2.24. The molecule has 1 N–H and O–H groups in total. The number of benzene rings is 2. The molecule has 0 bridgehead atoms. The van der Waals surface area contributed by atoms with Gasteiger partial charge in [0.1, 0.15) is 23.7 Å². The molecule has 7 nitrogen and oxygen atoms in total. The number of carbonyl (C=O) groups excluding carboxylic acids is 1. The van der Waals surface area contributed by atoms with E-state index in [1.165, 1.54) is 0 Å². The van der Waals surface area contributed by atoms with Gasteiger partial charge in [0.2, 0.25) is 5.88 Å². The summed E-state index contributed by atoms with van der Waals surface area (Å²) < 4.78 is 8.84. The first-order valence-electron chi connectivity index (χ1n) is 9.60. The van der Waals surface area contributed by atoms with Crippen LogP contribution in [0.2, 0.25) is 0 Å². The molecule has 0 aliphatic heterocycles. The highest BCUT2D eigenvalue weighted by molar-refractivity contribution is 14.1. The average Bonchev–Trinajstić information content (AvgIpc) is 3.07. The zero-order chi connectivity index (χ0) is 22.0. The third-order valence-electron chi connectivity index (χ3n) is 4.72. The summed E-state index contributed by atoms with van der Waals surface area (Å²) in [7, 11) is 0. The zero-order valence-corrected chi connectivity index (χ0v) is 19.4. The van der Waals surface area contributed by atoms with Gasteiger partial charge in [-0.3, -0.25) is 9.36 Å². The van der Waals surface area contributed by atoms with Crippen molar-refractivity contribution in [3.05, 3.63) is 87.3 Å². The second-order valence-electron chi connectivity index (χ2n) is 6.99. The number of aromatic nitrogens is 4. The Balaban J connectivity index is 1.49. The van der Waals surface area contributed by atoms with Crippen LogP contribution in [0.3, 0.4) is 0 Å². The smallest absolute Gasteiger partial charge is 0.255 e. The molecular formula is C23H20IN5O2. The summed E-state index contributed by atoms with van der Waals surface area (Å²) in [5, 5.41) is 2.89. The molecule has 31 heavy (non-hydrogen) atoms. The summed E-state index contributed by atoms with van der Waals surface area (Å²) in [6, 6.07) is 16.4. The first kappa shape index (κ1) is 21.0. The molecule has 4 aromatic rings. The van der Waals surface area contributed by atoms with Crippen LogP contribution in [0.25, 0.3) is 5.82 Å². The number of halogens is 1. The van der Waals surface area contributed by atoms with E-state index in [1.807, 2.05) is 43.5 Å². The standard InChI is InChI=1S/C23H20IN5O2/c1-14-15(2)29(13-25-14)21-12-22(27-16(3)26-21)31-20-9-7-19(8-10-20)28-23(30)17-5-4-6-18(24)11-17/h4-13H,1-3H3,(H,28,30). The molecule has 4 rings (SSSR count). The maximum absolute atomic E-state index is 12.4. The largest absolute Gasteiger partial charge is 0.439 e.